The van der Waals surface area contributed by atoms with E-state index in [-0.39, 0.29) is 0 Å². The van der Waals surface area contributed by atoms with Gasteiger partial charge in [-0.1, -0.05) is 146 Å². The molecule has 0 amide bonds. The van der Waals surface area contributed by atoms with Crippen molar-refractivity contribution in [2.75, 3.05) is 0 Å². The van der Waals surface area contributed by atoms with Gasteiger partial charge in [-0.05, 0) is 130 Å². The highest BCUT2D eigenvalue weighted by atomic mass is 14.8. The van der Waals surface area contributed by atoms with Crippen molar-refractivity contribution in [2.24, 2.45) is 0 Å². The first-order valence-corrected chi connectivity index (χ1v) is 19.0. The zero-order valence-electron chi connectivity index (χ0n) is 29.9. The minimum atomic E-state index is -0.473. The molecule has 2 heteroatoms. The second-order valence-corrected chi connectivity index (χ2v) is 14.8. The van der Waals surface area contributed by atoms with Gasteiger partial charge in [0.25, 0.3) is 0 Å². The number of benzene rings is 8. The van der Waals surface area contributed by atoms with E-state index >= 15 is 0 Å². The molecule has 2 aliphatic carbocycles. The van der Waals surface area contributed by atoms with Crippen LogP contribution in [-0.2, 0) is 5.41 Å². The Morgan fingerprint density at radius 1 is 0.345 bits per heavy atom. The molecular weight excluding hydrogens is 665 g/mol. The van der Waals surface area contributed by atoms with Crippen LogP contribution in [0.25, 0.3) is 88.3 Å². The van der Waals surface area contributed by atoms with E-state index in [1.54, 1.807) is 0 Å². The summed E-state index contributed by atoms with van der Waals surface area (Å²) in [6.45, 7) is 0. The molecule has 0 fully saturated rings. The number of fused-ring (bicyclic) bond motifs is 16. The van der Waals surface area contributed by atoms with Crippen molar-refractivity contribution in [3.63, 3.8) is 0 Å². The van der Waals surface area contributed by atoms with Gasteiger partial charge in [-0.2, -0.15) is 0 Å². The lowest BCUT2D eigenvalue weighted by Crippen LogP contribution is -2.26. The van der Waals surface area contributed by atoms with Crippen molar-refractivity contribution in [1.29, 1.82) is 0 Å². The summed E-state index contributed by atoms with van der Waals surface area (Å²) in [5, 5.41) is 7.68. The van der Waals surface area contributed by atoms with Crippen molar-refractivity contribution in [2.45, 2.75) is 5.41 Å². The van der Waals surface area contributed by atoms with E-state index < -0.39 is 5.41 Å². The van der Waals surface area contributed by atoms with Crippen LogP contribution in [0.15, 0.2) is 194 Å². The number of hydrogen-bond acceptors (Lipinski definition) is 2. The van der Waals surface area contributed by atoms with E-state index in [4.69, 9.17) is 4.98 Å². The third-order valence-corrected chi connectivity index (χ3v) is 12.1. The van der Waals surface area contributed by atoms with E-state index in [2.05, 4.69) is 169 Å². The number of rotatable bonds is 3. The summed E-state index contributed by atoms with van der Waals surface area (Å²) in [6, 6.07) is 69.0. The standard InChI is InChI=1S/C53H32N2/c1-4-19-41(48-25-13-26-50(55-48)49-24-11-12-29-54-49)36(14-1)34-28-27-33-31-44-47(32-35(33)30-34)53(45-22-9-7-17-39(45)40-18-8-10-23-46(40)53)52-43-21-6-3-16-38(43)37-15-2-5-20-42(37)51(44)52/h1-32H. The zero-order valence-corrected chi connectivity index (χ0v) is 29.9. The van der Waals surface area contributed by atoms with Crippen molar-refractivity contribution >= 4 is 32.3 Å². The highest BCUT2D eigenvalue weighted by Gasteiger charge is 2.53. The average molecular weight is 697 g/mol. The molecule has 0 saturated carbocycles. The van der Waals surface area contributed by atoms with Gasteiger partial charge >= 0.3 is 0 Å². The largest absolute Gasteiger partial charge is 0.255 e. The van der Waals surface area contributed by atoms with Gasteiger partial charge in [0.1, 0.15) is 0 Å². The first-order valence-electron chi connectivity index (χ1n) is 19.0. The van der Waals surface area contributed by atoms with Crippen LogP contribution in [0.3, 0.4) is 0 Å². The minimum absolute atomic E-state index is 0.473. The maximum Gasteiger partial charge on any atom is 0.0893 e. The SMILES string of the molecule is c1ccc(-c2cccc(-c3ccccc3-c3ccc4cc5c(cc4c3)C3(c4ccccc4-c4ccccc43)c3c-5c4ccccc4c4ccccc34)n2)nc1. The Bertz CT molecular complexity index is 3170. The number of hydrogen-bond donors (Lipinski definition) is 0. The van der Waals surface area contributed by atoms with Crippen LogP contribution < -0.4 is 0 Å². The number of aromatic nitrogens is 2. The fraction of sp³-hybridized carbons (Fsp3) is 0.0189. The Morgan fingerprint density at radius 3 is 1.69 bits per heavy atom. The van der Waals surface area contributed by atoms with Crippen molar-refractivity contribution < 1.29 is 0 Å². The fourth-order valence-corrected chi connectivity index (χ4v) is 9.92. The average Bonchev–Trinajstić information content (AvgIpc) is 3.73. The fourth-order valence-electron chi connectivity index (χ4n) is 9.92. The second-order valence-electron chi connectivity index (χ2n) is 14.8. The van der Waals surface area contributed by atoms with Crippen molar-refractivity contribution in [3.05, 3.63) is 217 Å². The third kappa shape index (κ3) is 4.14. The molecular formula is C53H32N2. The van der Waals surface area contributed by atoms with Crippen LogP contribution in [0, 0.1) is 0 Å². The molecule has 0 saturated heterocycles. The van der Waals surface area contributed by atoms with E-state index in [9.17, 15) is 0 Å². The van der Waals surface area contributed by atoms with Crippen molar-refractivity contribution in [1.82, 2.24) is 9.97 Å². The predicted octanol–water partition coefficient (Wildman–Crippen LogP) is 13.3. The molecule has 2 aromatic heterocycles. The minimum Gasteiger partial charge on any atom is -0.255 e. The maximum absolute atomic E-state index is 5.11. The van der Waals surface area contributed by atoms with Crippen LogP contribution in [-0.4, -0.2) is 9.97 Å². The second kappa shape index (κ2) is 11.4. The Kier molecular flexibility index (Phi) is 6.29. The van der Waals surface area contributed by atoms with Crippen LogP contribution in [0.5, 0.6) is 0 Å². The molecule has 2 heterocycles. The Hall–Kier alpha value is -7.16. The van der Waals surface area contributed by atoms with Gasteiger partial charge in [0.2, 0.25) is 0 Å². The number of pyridine rings is 2. The molecule has 10 aromatic rings. The molecule has 254 valence electrons. The van der Waals surface area contributed by atoms with E-state index in [0.717, 1.165) is 28.2 Å². The van der Waals surface area contributed by atoms with Crippen LogP contribution in [0.2, 0.25) is 0 Å². The Balaban J connectivity index is 1.14. The molecule has 0 aliphatic heterocycles. The Labute approximate surface area is 319 Å². The molecule has 0 N–H and O–H groups in total. The molecule has 55 heavy (non-hydrogen) atoms. The quantitative estimate of drug-likeness (QED) is 0.172. The summed E-state index contributed by atoms with van der Waals surface area (Å²) in [5.74, 6) is 0. The molecule has 0 bridgehead atoms. The van der Waals surface area contributed by atoms with Gasteiger partial charge in [-0.15, -0.1) is 0 Å². The zero-order chi connectivity index (χ0) is 36.1. The third-order valence-electron chi connectivity index (χ3n) is 12.1. The molecule has 0 atom stereocenters. The Morgan fingerprint density at radius 2 is 0.945 bits per heavy atom. The molecule has 0 unspecified atom stereocenters. The molecule has 1 spiro atoms. The normalized spacial score (nSPS) is 13.2. The summed E-state index contributed by atoms with van der Waals surface area (Å²) in [4.78, 5) is 9.68. The topological polar surface area (TPSA) is 25.8 Å². The monoisotopic (exact) mass is 696 g/mol. The van der Waals surface area contributed by atoms with E-state index in [1.807, 2.05) is 30.5 Å². The van der Waals surface area contributed by atoms with E-state index in [0.29, 0.717) is 0 Å². The van der Waals surface area contributed by atoms with Gasteiger partial charge in [0, 0.05) is 11.8 Å². The predicted molar refractivity (Wildman–Crippen MR) is 227 cm³/mol. The molecule has 12 rings (SSSR count). The summed E-state index contributed by atoms with van der Waals surface area (Å²) >= 11 is 0. The molecule has 2 aliphatic rings. The van der Waals surface area contributed by atoms with Gasteiger partial charge in [0.05, 0.1) is 22.5 Å². The first-order chi connectivity index (χ1) is 27.3. The van der Waals surface area contributed by atoms with Crippen LogP contribution >= 0.6 is 0 Å². The van der Waals surface area contributed by atoms with Gasteiger partial charge in [0.15, 0.2) is 0 Å². The summed E-state index contributed by atoms with van der Waals surface area (Å²) in [7, 11) is 0. The molecule has 2 nitrogen and oxygen atoms in total. The summed E-state index contributed by atoms with van der Waals surface area (Å²) in [6.07, 6.45) is 1.82. The molecule has 8 aromatic carbocycles. The smallest absolute Gasteiger partial charge is 0.0893 e. The van der Waals surface area contributed by atoms with Crippen LogP contribution in [0.1, 0.15) is 22.3 Å². The number of nitrogens with zero attached hydrogens (tertiary/aromatic N) is 2. The van der Waals surface area contributed by atoms with E-state index in [1.165, 1.54) is 82.4 Å². The lowest BCUT2D eigenvalue weighted by atomic mass is 9.69. The maximum atomic E-state index is 5.11. The van der Waals surface area contributed by atoms with Gasteiger partial charge in [-0.25, -0.2) is 4.98 Å². The summed E-state index contributed by atoms with van der Waals surface area (Å²) < 4.78 is 0. The lowest BCUT2D eigenvalue weighted by molar-refractivity contribution is 0.803. The van der Waals surface area contributed by atoms with Gasteiger partial charge < -0.3 is 0 Å². The highest BCUT2D eigenvalue weighted by molar-refractivity contribution is 6.20. The van der Waals surface area contributed by atoms with Crippen molar-refractivity contribution in [3.8, 4) is 56.0 Å². The first kappa shape index (κ1) is 30.3. The highest BCUT2D eigenvalue weighted by Crippen LogP contribution is 2.65. The lowest BCUT2D eigenvalue weighted by Gasteiger charge is -2.32. The molecule has 0 radical (unpaired) electrons. The summed E-state index contributed by atoms with van der Waals surface area (Å²) in [5.41, 5.74) is 16.4. The van der Waals surface area contributed by atoms with Gasteiger partial charge in [-0.3, -0.25) is 4.98 Å². The van der Waals surface area contributed by atoms with Crippen LogP contribution in [0.4, 0.5) is 0 Å².